The Hall–Kier alpha value is -2.92. The average molecular weight is 627 g/mol. The Morgan fingerprint density at radius 2 is 1.74 bits per heavy atom. The van der Waals surface area contributed by atoms with Crippen LogP contribution in [0.2, 0.25) is 5.28 Å². The molecule has 0 aliphatic carbocycles. The van der Waals surface area contributed by atoms with Crippen molar-refractivity contribution in [3.05, 3.63) is 57.4 Å². The number of benzene rings is 1. The molecule has 0 aliphatic heterocycles. The van der Waals surface area contributed by atoms with E-state index in [1.807, 2.05) is 30.3 Å². The van der Waals surface area contributed by atoms with Crippen LogP contribution in [0.4, 0.5) is 19.8 Å². The van der Waals surface area contributed by atoms with E-state index in [-0.39, 0.29) is 24.1 Å². The predicted molar refractivity (Wildman–Crippen MR) is 152 cm³/mol. The van der Waals surface area contributed by atoms with E-state index < -0.39 is 35.6 Å². The number of rotatable bonds is 7. The Labute approximate surface area is 241 Å². The first-order valence-corrected chi connectivity index (χ1v) is 13.6. The highest BCUT2D eigenvalue weighted by Crippen LogP contribution is 2.31. The fraction of sp³-hybridized carbons (Fsp3) is 0.481. The minimum atomic E-state index is -1.39. The van der Waals surface area contributed by atoms with Gasteiger partial charge in [-0.3, -0.25) is 4.90 Å². The first-order chi connectivity index (χ1) is 18.0. The van der Waals surface area contributed by atoms with Crippen LogP contribution < -0.4 is 10.2 Å². The van der Waals surface area contributed by atoms with Crippen molar-refractivity contribution in [3.63, 3.8) is 0 Å². The third-order valence-electron chi connectivity index (χ3n) is 5.35. The number of alkyl carbamates (subject to hydrolysis) is 1. The highest BCUT2D eigenvalue weighted by molar-refractivity contribution is 9.10. The first-order valence-electron chi connectivity index (χ1n) is 12.5. The lowest BCUT2D eigenvalue weighted by Gasteiger charge is -2.27. The maximum Gasteiger partial charge on any atom is 0.416 e. The van der Waals surface area contributed by atoms with E-state index >= 15 is 0 Å². The smallest absolute Gasteiger partial charge is 0.416 e. The Bertz CT molecular complexity index is 1320. The van der Waals surface area contributed by atoms with Crippen molar-refractivity contribution in [2.75, 3.05) is 4.90 Å². The molecule has 0 bridgehead atoms. The van der Waals surface area contributed by atoms with E-state index in [0.717, 1.165) is 5.56 Å². The van der Waals surface area contributed by atoms with E-state index in [1.165, 1.54) is 16.3 Å². The van der Waals surface area contributed by atoms with Gasteiger partial charge in [0.15, 0.2) is 5.82 Å². The highest BCUT2D eigenvalue weighted by atomic mass is 79.9. The molecule has 0 saturated heterocycles. The normalized spacial score (nSPS) is 13.6. The van der Waals surface area contributed by atoms with Crippen LogP contribution in [0.3, 0.4) is 0 Å². The summed E-state index contributed by atoms with van der Waals surface area (Å²) >= 11 is 9.83. The van der Waals surface area contributed by atoms with E-state index in [0.29, 0.717) is 15.7 Å². The number of anilines is 1. The minimum Gasteiger partial charge on any atom is -0.444 e. The number of carbonyl (C=O) groups is 2. The molecule has 0 radical (unpaired) electrons. The first kappa shape index (κ1) is 30.6. The number of ether oxygens (including phenoxy) is 2. The van der Waals surface area contributed by atoms with Gasteiger partial charge in [-0.1, -0.05) is 30.3 Å². The molecule has 2 heterocycles. The quantitative estimate of drug-likeness (QED) is 0.307. The summed E-state index contributed by atoms with van der Waals surface area (Å²) in [4.78, 5) is 31.5. The summed E-state index contributed by atoms with van der Waals surface area (Å²) in [5.74, 6) is 0.213. The lowest BCUT2D eigenvalue weighted by molar-refractivity contribution is 0.0476. The molecule has 39 heavy (non-hydrogen) atoms. The van der Waals surface area contributed by atoms with E-state index in [4.69, 9.17) is 21.1 Å². The number of fused-ring (bicyclic) bond motifs is 1. The summed E-state index contributed by atoms with van der Waals surface area (Å²) in [6, 6.07) is 10.2. The SMILES string of the molecule is C[C@H](F)[C@@H](Cc1cc2c(N(Cc3ccccc3)C(=O)OC(C)(C)C)nc(Cl)nn2c1Br)NC(=O)OC(C)(C)C. The van der Waals surface area contributed by atoms with Crippen LogP contribution in [-0.2, 0) is 22.4 Å². The molecular weight excluding hydrogens is 593 g/mol. The Morgan fingerprint density at radius 1 is 1.13 bits per heavy atom. The summed E-state index contributed by atoms with van der Waals surface area (Å²) in [5, 5.41) is 6.78. The van der Waals surface area contributed by atoms with Crippen molar-refractivity contribution < 1.29 is 23.5 Å². The molecule has 9 nitrogen and oxygen atoms in total. The molecule has 0 fully saturated rings. The van der Waals surface area contributed by atoms with Gasteiger partial charge in [0.25, 0.3) is 0 Å². The van der Waals surface area contributed by atoms with Gasteiger partial charge in [-0.25, -0.2) is 18.5 Å². The topological polar surface area (TPSA) is 98.1 Å². The maximum atomic E-state index is 14.6. The van der Waals surface area contributed by atoms with Gasteiger partial charge in [0.2, 0.25) is 5.28 Å². The molecule has 3 rings (SSSR count). The number of halogens is 3. The zero-order valence-corrected chi connectivity index (χ0v) is 25.4. The fourth-order valence-corrected chi connectivity index (χ4v) is 4.41. The third kappa shape index (κ3) is 8.53. The average Bonchev–Trinajstić information content (AvgIpc) is 3.10. The monoisotopic (exact) mass is 625 g/mol. The van der Waals surface area contributed by atoms with E-state index in [9.17, 15) is 14.0 Å². The van der Waals surface area contributed by atoms with Gasteiger partial charge in [0.1, 0.15) is 27.5 Å². The number of amides is 2. The van der Waals surface area contributed by atoms with Crippen LogP contribution in [0.15, 0.2) is 41.0 Å². The molecule has 2 atom stereocenters. The lowest BCUT2D eigenvalue weighted by atomic mass is 10.1. The molecular formula is C27H34BrClFN5O4. The van der Waals surface area contributed by atoms with Gasteiger partial charge >= 0.3 is 12.2 Å². The van der Waals surface area contributed by atoms with Gasteiger partial charge < -0.3 is 14.8 Å². The van der Waals surface area contributed by atoms with Gasteiger partial charge in [0.05, 0.1) is 12.6 Å². The van der Waals surface area contributed by atoms with Crippen LogP contribution >= 0.6 is 27.5 Å². The van der Waals surface area contributed by atoms with Crippen LogP contribution in [0.5, 0.6) is 0 Å². The van der Waals surface area contributed by atoms with Gasteiger partial charge in [-0.2, -0.15) is 4.98 Å². The summed E-state index contributed by atoms with van der Waals surface area (Å²) in [6.07, 6.45) is -2.63. The highest BCUT2D eigenvalue weighted by Gasteiger charge is 2.30. The number of nitrogens with zero attached hydrogens (tertiary/aromatic N) is 4. The van der Waals surface area contributed by atoms with Crippen LogP contribution in [-0.4, -0.2) is 50.2 Å². The summed E-state index contributed by atoms with van der Waals surface area (Å²) < 4.78 is 27.5. The largest absolute Gasteiger partial charge is 0.444 e. The number of alkyl halides is 1. The number of aromatic nitrogens is 3. The van der Waals surface area contributed by atoms with Crippen LogP contribution in [0, 0.1) is 0 Å². The molecule has 0 saturated carbocycles. The summed E-state index contributed by atoms with van der Waals surface area (Å²) in [5.41, 5.74) is 0.401. The molecule has 1 aromatic carbocycles. The predicted octanol–water partition coefficient (Wildman–Crippen LogP) is 6.88. The zero-order valence-electron chi connectivity index (χ0n) is 23.1. The standard InChI is InChI=1S/C27H34BrClFN5O4/c1-16(30)19(31-24(36)38-26(2,3)4)13-18-14-20-22(32-23(29)33-35(20)21(18)28)34(25(37)39-27(5,6)7)15-17-11-9-8-10-12-17/h8-12,14,16,19H,13,15H2,1-7H3,(H,31,36)/t16-,19+/m0/s1. The molecule has 0 aliphatic rings. The molecule has 3 aromatic rings. The van der Waals surface area contributed by atoms with Crippen molar-refractivity contribution >= 4 is 51.1 Å². The van der Waals surface area contributed by atoms with Gasteiger partial charge in [0, 0.05) is 0 Å². The molecule has 1 N–H and O–H groups in total. The summed E-state index contributed by atoms with van der Waals surface area (Å²) in [6.45, 7) is 12.0. The minimum absolute atomic E-state index is 0.100. The molecule has 212 valence electrons. The number of hydrogen-bond donors (Lipinski definition) is 1. The number of carbonyl (C=O) groups excluding carboxylic acids is 2. The molecule has 0 unspecified atom stereocenters. The Morgan fingerprint density at radius 3 is 2.31 bits per heavy atom. The second kappa shape index (κ2) is 12.1. The Kier molecular flexibility index (Phi) is 9.48. The van der Waals surface area contributed by atoms with Crippen molar-refractivity contribution in [3.8, 4) is 0 Å². The van der Waals surface area contributed by atoms with Crippen LogP contribution in [0.1, 0.15) is 59.6 Å². The second-order valence-corrected chi connectivity index (χ2v) is 12.2. The van der Waals surface area contributed by atoms with Gasteiger partial charge in [-0.05, 0) is 99.6 Å². The molecule has 2 aromatic heterocycles. The maximum absolute atomic E-state index is 14.6. The third-order valence-corrected chi connectivity index (χ3v) is 6.35. The Balaban J connectivity index is 2.05. The van der Waals surface area contributed by atoms with E-state index in [1.54, 1.807) is 47.6 Å². The van der Waals surface area contributed by atoms with Gasteiger partial charge in [-0.15, -0.1) is 5.10 Å². The number of hydrogen-bond acceptors (Lipinski definition) is 6. The summed E-state index contributed by atoms with van der Waals surface area (Å²) in [7, 11) is 0. The van der Waals surface area contributed by atoms with E-state index in [2.05, 4.69) is 31.3 Å². The molecule has 2 amide bonds. The van der Waals surface area contributed by atoms with Crippen molar-refractivity contribution in [1.29, 1.82) is 0 Å². The lowest BCUT2D eigenvalue weighted by Crippen LogP contribution is -2.44. The van der Waals surface area contributed by atoms with Crippen molar-refractivity contribution in [2.45, 2.75) is 84.8 Å². The molecule has 12 heteroatoms. The zero-order chi connectivity index (χ0) is 29.1. The number of nitrogens with one attached hydrogen (secondary N) is 1. The van der Waals surface area contributed by atoms with Crippen LogP contribution in [0.25, 0.3) is 5.52 Å². The second-order valence-electron chi connectivity index (χ2n) is 11.1. The van der Waals surface area contributed by atoms with Crippen molar-refractivity contribution in [1.82, 2.24) is 19.9 Å². The van der Waals surface area contributed by atoms with Crippen molar-refractivity contribution in [2.24, 2.45) is 0 Å². The molecule has 0 spiro atoms. The fourth-order valence-electron chi connectivity index (χ4n) is 3.71.